The smallest absolute Gasteiger partial charge is 0.255 e. The fourth-order valence-corrected chi connectivity index (χ4v) is 3.20. The lowest BCUT2D eigenvalue weighted by Crippen LogP contribution is -2.32. The van der Waals surface area contributed by atoms with E-state index < -0.39 is 0 Å². The minimum absolute atomic E-state index is 0.0601. The van der Waals surface area contributed by atoms with Gasteiger partial charge in [0.2, 0.25) is 0 Å². The van der Waals surface area contributed by atoms with Crippen molar-refractivity contribution in [2.45, 2.75) is 25.4 Å². The van der Waals surface area contributed by atoms with Crippen molar-refractivity contribution in [2.24, 2.45) is 0 Å². The van der Waals surface area contributed by atoms with Crippen molar-refractivity contribution in [1.82, 2.24) is 4.90 Å². The lowest BCUT2D eigenvalue weighted by molar-refractivity contribution is 0.0729. The Kier molecular flexibility index (Phi) is 4.32. The summed E-state index contributed by atoms with van der Waals surface area (Å²) < 4.78 is 0.749. The van der Waals surface area contributed by atoms with E-state index in [2.05, 4.69) is 28.1 Å². The summed E-state index contributed by atoms with van der Waals surface area (Å²) >= 11 is 9.39. The first-order valence-corrected chi connectivity index (χ1v) is 8.12. The molecule has 108 valence electrons. The van der Waals surface area contributed by atoms with Crippen LogP contribution in [0.4, 0.5) is 0 Å². The second-order valence-corrected chi connectivity index (χ2v) is 6.56. The molecule has 2 nitrogen and oxygen atoms in total. The summed E-state index contributed by atoms with van der Waals surface area (Å²) in [5.41, 5.74) is 1.82. The molecule has 0 saturated heterocycles. The maximum atomic E-state index is 12.8. The van der Waals surface area contributed by atoms with Gasteiger partial charge < -0.3 is 4.90 Å². The molecule has 0 N–H and O–H groups in total. The van der Waals surface area contributed by atoms with Crippen LogP contribution in [0, 0.1) is 0 Å². The molecular weight excluding hydrogens is 350 g/mol. The average molecular weight is 365 g/mol. The molecule has 0 spiro atoms. The monoisotopic (exact) mass is 363 g/mol. The molecule has 1 fully saturated rings. The fourth-order valence-electron chi connectivity index (χ4n) is 2.35. The first kappa shape index (κ1) is 14.6. The quantitative estimate of drug-likeness (QED) is 0.755. The van der Waals surface area contributed by atoms with Gasteiger partial charge in [0.25, 0.3) is 5.91 Å². The van der Waals surface area contributed by atoms with Crippen LogP contribution in [-0.4, -0.2) is 16.8 Å². The van der Waals surface area contributed by atoms with E-state index in [0.29, 0.717) is 23.2 Å². The van der Waals surface area contributed by atoms with Crippen LogP contribution < -0.4 is 0 Å². The van der Waals surface area contributed by atoms with Crippen molar-refractivity contribution in [2.75, 3.05) is 0 Å². The Hall–Kier alpha value is -1.32. The van der Waals surface area contributed by atoms with Crippen molar-refractivity contribution in [3.63, 3.8) is 0 Å². The van der Waals surface area contributed by atoms with E-state index in [9.17, 15) is 4.79 Å². The number of hydrogen-bond donors (Lipinski definition) is 0. The van der Waals surface area contributed by atoms with Crippen LogP contribution in [0.25, 0.3) is 0 Å². The van der Waals surface area contributed by atoms with Gasteiger partial charge in [-0.05, 0) is 52.5 Å². The van der Waals surface area contributed by atoms with E-state index >= 15 is 0 Å². The van der Waals surface area contributed by atoms with Crippen molar-refractivity contribution in [1.29, 1.82) is 0 Å². The zero-order valence-electron chi connectivity index (χ0n) is 11.4. The Balaban J connectivity index is 1.85. The molecule has 1 saturated carbocycles. The van der Waals surface area contributed by atoms with Gasteiger partial charge in [0.1, 0.15) is 0 Å². The molecule has 3 rings (SSSR count). The van der Waals surface area contributed by atoms with Gasteiger partial charge in [0, 0.05) is 22.1 Å². The normalized spacial score (nSPS) is 14.0. The summed E-state index contributed by atoms with van der Waals surface area (Å²) in [4.78, 5) is 14.8. The van der Waals surface area contributed by atoms with Crippen LogP contribution in [-0.2, 0) is 6.54 Å². The lowest BCUT2D eigenvalue weighted by Gasteiger charge is -2.23. The van der Waals surface area contributed by atoms with E-state index in [1.54, 1.807) is 18.2 Å². The molecule has 21 heavy (non-hydrogen) atoms. The second-order valence-electron chi connectivity index (χ2n) is 5.27. The van der Waals surface area contributed by atoms with E-state index in [4.69, 9.17) is 11.6 Å². The van der Waals surface area contributed by atoms with Gasteiger partial charge in [-0.3, -0.25) is 4.79 Å². The van der Waals surface area contributed by atoms with Gasteiger partial charge in [-0.25, -0.2) is 0 Å². The summed E-state index contributed by atoms with van der Waals surface area (Å²) in [6, 6.07) is 15.8. The van der Waals surface area contributed by atoms with Crippen LogP contribution in [0.15, 0.2) is 53.0 Å². The highest BCUT2D eigenvalue weighted by molar-refractivity contribution is 9.10. The Morgan fingerprint density at radius 3 is 2.52 bits per heavy atom. The van der Waals surface area contributed by atoms with E-state index in [-0.39, 0.29) is 5.91 Å². The van der Waals surface area contributed by atoms with Crippen LogP contribution in [0.1, 0.15) is 28.8 Å². The third kappa shape index (κ3) is 3.47. The van der Waals surface area contributed by atoms with Gasteiger partial charge in [-0.1, -0.05) is 41.9 Å². The number of benzene rings is 2. The third-order valence-corrected chi connectivity index (χ3v) is 4.50. The highest BCUT2D eigenvalue weighted by Gasteiger charge is 2.33. The van der Waals surface area contributed by atoms with Crippen molar-refractivity contribution in [3.05, 3.63) is 69.2 Å². The molecule has 2 aromatic rings. The number of halogens is 2. The summed E-state index contributed by atoms with van der Waals surface area (Å²) in [5, 5.41) is 0.624. The first-order valence-electron chi connectivity index (χ1n) is 6.95. The second kappa shape index (κ2) is 6.20. The molecule has 0 atom stereocenters. The minimum Gasteiger partial charge on any atom is -0.331 e. The summed E-state index contributed by atoms with van der Waals surface area (Å²) in [7, 11) is 0. The molecule has 2 aromatic carbocycles. The number of rotatable bonds is 4. The standard InChI is InChI=1S/C17H15BrClNO/c18-16-10-13(19)6-9-15(16)17(21)20(14-7-8-14)11-12-4-2-1-3-5-12/h1-6,9-10,14H,7-8,11H2. The molecule has 1 aliphatic rings. The molecule has 0 radical (unpaired) electrons. The van der Waals surface area contributed by atoms with E-state index in [1.165, 1.54) is 0 Å². The zero-order chi connectivity index (χ0) is 14.8. The largest absolute Gasteiger partial charge is 0.331 e. The van der Waals surface area contributed by atoms with Gasteiger partial charge in [-0.15, -0.1) is 0 Å². The number of carbonyl (C=O) groups is 1. The van der Waals surface area contributed by atoms with Gasteiger partial charge in [0.15, 0.2) is 0 Å². The van der Waals surface area contributed by atoms with Crippen LogP contribution in [0.3, 0.4) is 0 Å². The van der Waals surface area contributed by atoms with E-state index in [0.717, 1.165) is 22.9 Å². The zero-order valence-corrected chi connectivity index (χ0v) is 13.8. The topological polar surface area (TPSA) is 20.3 Å². The maximum Gasteiger partial charge on any atom is 0.255 e. The van der Waals surface area contributed by atoms with Gasteiger partial charge >= 0.3 is 0 Å². The van der Waals surface area contributed by atoms with Crippen molar-refractivity contribution < 1.29 is 4.79 Å². The number of hydrogen-bond acceptors (Lipinski definition) is 1. The van der Waals surface area contributed by atoms with Crippen LogP contribution in [0.2, 0.25) is 5.02 Å². The Morgan fingerprint density at radius 1 is 1.19 bits per heavy atom. The maximum absolute atomic E-state index is 12.8. The highest BCUT2D eigenvalue weighted by Crippen LogP contribution is 2.32. The van der Waals surface area contributed by atoms with Crippen LogP contribution in [0.5, 0.6) is 0 Å². The fraction of sp³-hybridized carbons (Fsp3) is 0.235. The SMILES string of the molecule is O=C(c1ccc(Cl)cc1Br)N(Cc1ccccc1)C1CC1. The molecule has 4 heteroatoms. The average Bonchev–Trinajstić information content (AvgIpc) is 3.30. The highest BCUT2D eigenvalue weighted by atomic mass is 79.9. The molecule has 1 aliphatic carbocycles. The molecule has 1 amide bonds. The van der Waals surface area contributed by atoms with Crippen molar-refractivity contribution >= 4 is 33.4 Å². The number of carbonyl (C=O) groups excluding carboxylic acids is 1. The molecule has 0 heterocycles. The predicted molar refractivity (Wildman–Crippen MR) is 88.5 cm³/mol. The van der Waals surface area contributed by atoms with Gasteiger partial charge in [-0.2, -0.15) is 0 Å². The molecular formula is C17H15BrClNO. The molecule has 0 bridgehead atoms. The minimum atomic E-state index is 0.0601. The lowest BCUT2D eigenvalue weighted by atomic mass is 10.1. The van der Waals surface area contributed by atoms with Crippen LogP contribution >= 0.6 is 27.5 Å². The van der Waals surface area contributed by atoms with Gasteiger partial charge in [0.05, 0.1) is 5.56 Å². The predicted octanol–water partition coefficient (Wildman–Crippen LogP) is 4.91. The third-order valence-electron chi connectivity index (χ3n) is 3.61. The molecule has 0 aliphatic heterocycles. The Bertz CT molecular complexity index is 655. The Labute approximate surface area is 137 Å². The summed E-state index contributed by atoms with van der Waals surface area (Å²) in [5.74, 6) is 0.0601. The number of nitrogens with zero attached hydrogens (tertiary/aromatic N) is 1. The summed E-state index contributed by atoms with van der Waals surface area (Å²) in [6.45, 7) is 0.652. The Morgan fingerprint density at radius 2 is 1.90 bits per heavy atom. The van der Waals surface area contributed by atoms with Crippen molar-refractivity contribution in [3.8, 4) is 0 Å². The summed E-state index contributed by atoms with van der Waals surface area (Å²) in [6.07, 6.45) is 2.17. The molecule has 0 unspecified atom stereocenters. The molecule has 0 aromatic heterocycles. The first-order chi connectivity index (χ1) is 10.1. The van der Waals surface area contributed by atoms with E-state index in [1.807, 2.05) is 23.1 Å². The number of amides is 1.